The number of aromatic hydroxyl groups is 1. The number of carbonyl (C=O) groups excluding carboxylic acids is 1. The number of hydrogen-bond donors (Lipinski definition) is 4. The first kappa shape index (κ1) is 26.9. The molecule has 8 nitrogen and oxygen atoms in total. The molecule has 3 rings (SSSR count). The summed E-state index contributed by atoms with van der Waals surface area (Å²) in [7, 11) is -1.49. The van der Waals surface area contributed by atoms with Crippen molar-refractivity contribution in [1.82, 2.24) is 5.32 Å². The fourth-order valence-corrected chi connectivity index (χ4v) is 4.83. The monoisotopic (exact) mass is 625 g/mol. The van der Waals surface area contributed by atoms with E-state index in [0.29, 0.717) is 20.3 Å². The van der Waals surface area contributed by atoms with Gasteiger partial charge < -0.3 is 29.9 Å². The maximum atomic E-state index is 12.8. The first-order chi connectivity index (χ1) is 16.5. The zero-order chi connectivity index (χ0) is 25.8. The number of carbonyl (C=O) groups is 2. The first-order valence-corrected chi connectivity index (χ1v) is 12.9. The predicted molar refractivity (Wildman–Crippen MR) is 139 cm³/mol. The van der Waals surface area contributed by atoms with Gasteiger partial charge in [-0.1, -0.05) is 30.3 Å². The van der Waals surface area contributed by atoms with E-state index in [4.69, 9.17) is 4.74 Å². The van der Waals surface area contributed by atoms with Crippen molar-refractivity contribution < 1.29 is 34.2 Å². The molecule has 0 fully saturated rings. The Morgan fingerprint density at radius 3 is 2.29 bits per heavy atom. The number of aliphatic hydroxyl groups is 1. The number of carboxylic acid groups (broad SMARTS) is 1. The number of aliphatic carboxylic acids is 1. The molecule has 0 heterocycles. The molecule has 0 aliphatic rings. The van der Waals surface area contributed by atoms with Crippen molar-refractivity contribution in [2.45, 2.75) is 24.7 Å². The highest BCUT2D eigenvalue weighted by Gasteiger charge is 2.25. The Kier molecular flexibility index (Phi) is 8.77. The number of benzene rings is 3. The van der Waals surface area contributed by atoms with Crippen molar-refractivity contribution in [1.29, 1.82) is 0 Å². The number of halogens is 2. The van der Waals surface area contributed by atoms with Crippen LogP contribution >= 0.6 is 40.3 Å². The van der Waals surface area contributed by atoms with Crippen LogP contribution in [0.3, 0.4) is 0 Å². The topological polar surface area (TPSA) is 133 Å². The van der Waals surface area contributed by atoms with E-state index in [0.717, 1.165) is 5.56 Å². The second-order valence-electron chi connectivity index (χ2n) is 7.87. The van der Waals surface area contributed by atoms with Gasteiger partial charge >= 0.3 is 5.97 Å². The Morgan fingerprint density at radius 1 is 1.09 bits per heavy atom. The minimum absolute atomic E-state index is 0.0694. The van der Waals surface area contributed by atoms with Gasteiger partial charge in [-0.3, -0.25) is 4.79 Å². The van der Waals surface area contributed by atoms with Crippen LogP contribution in [0.15, 0.2) is 69.6 Å². The van der Waals surface area contributed by atoms with E-state index >= 15 is 0 Å². The van der Waals surface area contributed by atoms with Crippen LogP contribution in [0.1, 0.15) is 28.4 Å². The average molecular weight is 627 g/mol. The molecule has 0 radical (unpaired) electrons. The van der Waals surface area contributed by atoms with E-state index in [9.17, 15) is 29.5 Å². The van der Waals surface area contributed by atoms with Crippen molar-refractivity contribution in [2.24, 2.45) is 0 Å². The van der Waals surface area contributed by atoms with Gasteiger partial charge in [-0.15, -0.1) is 0 Å². The van der Waals surface area contributed by atoms with Gasteiger partial charge in [0.25, 0.3) is 5.91 Å². The molecule has 4 N–H and O–H groups in total. The Labute approximate surface area is 219 Å². The van der Waals surface area contributed by atoms with E-state index in [1.165, 1.54) is 25.1 Å². The molecule has 0 saturated carbocycles. The van der Waals surface area contributed by atoms with Gasteiger partial charge in [-0.25, -0.2) is 4.79 Å². The molecular formula is C24H22Br2NO7P. The van der Waals surface area contributed by atoms with Gasteiger partial charge in [0.1, 0.15) is 22.9 Å². The van der Waals surface area contributed by atoms with Crippen LogP contribution in [0.25, 0.3) is 0 Å². The van der Waals surface area contributed by atoms with Gasteiger partial charge in [0.15, 0.2) is 5.75 Å². The number of amides is 1. The zero-order valence-corrected chi connectivity index (χ0v) is 22.7. The van der Waals surface area contributed by atoms with Crippen LogP contribution < -0.4 is 10.1 Å². The Bertz CT molecular complexity index is 1240. The molecule has 0 aliphatic carbocycles. The minimum atomic E-state index is -1.49. The number of phenolic OH excluding ortho intramolecular Hbond substituents is 1. The molecule has 1 amide bonds. The first-order valence-electron chi connectivity index (χ1n) is 10.3. The van der Waals surface area contributed by atoms with E-state index in [1.54, 1.807) is 42.5 Å². The lowest BCUT2D eigenvalue weighted by Gasteiger charge is -2.20. The minimum Gasteiger partial charge on any atom is -0.507 e. The van der Waals surface area contributed by atoms with Crippen molar-refractivity contribution in [3.05, 3.63) is 86.3 Å². The van der Waals surface area contributed by atoms with Gasteiger partial charge in [-0.2, -0.15) is 0 Å². The van der Waals surface area contributed by atoms with Gasteiger partial charge in [0.05, 0.1) is 23.0 Å². The van der Waals surface area contributed by atoms with Crippen LogP contribution in [0, 0.1) is 0 Å². The van der Waals surface area contributed by atoms with Crippen LogP contribution in [0.4, 0.5) is 0 Å². The lowest BCUT2D eigenvalue weighted by atomic mass is 10.1. The largest absolute Gasteiger partial charge is 0.507 e. The second-order valence-corrected chi connectivity index (χ2v) is 10.9. The summed E-state index contributed by atoms with van der Waals surface area (Å²) < 4.78 is 18.2. The Morgan fingerprint density at radius 2 is 1.71 bits per heavy atom. The lowest BCUT2D eigenvalue weighted by Crippen LogP contribution is -2.42. The zero-order valence-electron chi connectivity index (χ0n) is 18.4. The highest BCUT2D eigenvalue weighted by molar-refractivity contribution is 9.11. The molecule has 0 aromatic heterocycles. The quantitative estimate of drug-likeness (QED) is 0.244. The van der Waals surface area contributed by atoms with E-state index < -0.39 is 31.7 Å². The van der Waals surface area contributed by atoms with Crippen molar-refractivity contribution in [3.63, 3.8) is 0 Å². The third-order valence-electron chi connectivity index (χ3n) is 5.13. The smallest absolute Gasteiger partial charge is 0.326 e. The number of ether oxygens (including phenoxy) is 1. The summed E-state index contributed by atoms with van der Waals surface area (Å²) in [4.78, 5) is 24.5. The lowest BCUT2D eigenvalue weighted by molar-refractivity contribution is -0.139. The van der Waals surface area contributed by atoms with Crippen LogP contribution in [0.5, 0.6) is 17.2 Å². The molecule has 3 aromatic rings. The number of rotatable bonds is 9. The molecule has 0 bridgehead atoms. The standard InChI is InChI=1S/C24H22Br2NO7P/c1-24(32,35-33)14-10-17(25)21(18(26)11-14)34-15-7-8-20(28)16(12-15)22(29)27-19(23(30)31)9-13-5-3-2-4-6-13/h2-8,10-12,19,28,32H,9,35H2,1H3,(H,27,29)(H,30,31). The molecule has 0 aliphatic heterocycles. The molecule has 35 heavy (non-hydrogen) atoms. The highest BCUT2D eigenvalue weighted by atomic mass is 79.9. The third-order valence-corrected chi connectivity index (χ3v) is 7.10. The molecule has 3 aromatic carbocycles. The summed E-state index contributed by atoms with van der Waals surface area (Å²) >= 11 is 6.73. The summed E-state index contributed by atoms with van der Waals surface area (Å²) in [5.74, 6) is -1.83. The second kappa shape index (κ2) is 11.4. The molecule has 11 heteroatoms. The fraction of sp³-hybridized carbons (Fsp3) is 0.167. The highest BCUT2D eigenvalue weighted by Crippen LogP contribution is 2.42. The number of hydrogen-bond acceptors (Lipinski definition) is 6. The average Bonchev–Trinajstić information content (AvgIpc) is 2.82. The Hall–Kier alpha value is -2.65. The number of nitrogens with one attached hydrogen (secondary N) is 1. The third kappa shape index (κ3) is 6.73. The molecule has 0 spiro atoms. The van der Waals surface area contributed by atoms with Crippen LogP contribution in [0.2, 0.25) is 0 Å². The van der Waals surface area contributed by atoms with Crippen molar-refractivity contribution >= 4 is 52.2 Å². The van der Waals surface area contributed by atoms with Gasteiger partial charge in [0.2, 0.25) is 0 Å². The molecule has 0 saturated heterocycles. The SMILES string of the molecule is CC(O)([PH2]=O)c1cc(Br)c(Oc2ccc(O)c(C(=O)NC(Cc3ccccc3)C(=O)O)c2)c(Br)c1. The van der Waals surface area contributed by atoms with E-state index in [1.807, 2.05) is 0 Å². The van der Waals surface area contributed by atoms with Crippen LogP contribution in [-0.4, -0.2) is 33.2 Å². The number of phenols is 1. The van der Waals surface area contributed by atoms with Gasteiger partial charge in [-0.05, 0) is 80.2 Å². The number of carboxylic acids is 1. The maximum absolute atomic E-state index is 12.8. The van der Waals surface area contributed by atoms with E-state index in [-0.39, 0.29) is 23.5 Å². The van der Waals surface area contributed by atoms with Crippen molar-refractivity contribution in [2.75, 3.05) is 0 Å². The maximum Gasteiger partial charge on any atom is 0.326 e. The Balaban J connectivity index is 1.84. The van der Waals surface area contributed by atoms with Crippen molar-refractivity contribution in [3.8, 4) is 17.2 Å². The molecule has 3 unspecified atom stereocenters. The summed E-state index contributed by atoms with van der Waals surface area (Å²) in [6.45, 7) is 1.44. The normalized spacial score (nSPS) is 13.8. The molecule has 184 valence electrons. The fourth-order valence-electron chi connectivity index (χ4n) is 3.18. The summed E-state index contributed by atoms with van der Waals surface area (Å²) in [5, 5.41) is 31.0. The van der Waals surface area contributed by atoms with E-state index in [2.05, 4.69) is 37.2 Å². The molecule has 3 atom stereocenters. The summed E-state index contributed by atoms with van der Waals surface area (Å²) in [6.07, 6.45) is 0.0694. The summed E-state index contributed by atoms with van der Waals surface area (Å²) in [5.41, 5.74) is 0.985. The molecular weight excluding hydrogens is 605 g/mol. The van der Waals surface area contributed by atoms with Crippen LogP contribution in [-0.2, 0) is 21.1 Å². The van der Waals surface area contributed by atoms with Gasteiger partial charge in [0, 0.05) is 6.42 Å². The summed E-state index contributed by atoms with van der Waals surface area (Å²) in [6, 6.07) is 14.8. The predicted octanol–water partition coefficient (Wildman–Crippen LogP) is 5.06.